The molecule has 0 fully saturated rings. The van der Waals surface area contributed by atoms with Crippen LogP contribution >= 0.6 is 0 Å². The summed E-state index contributed by atoms with van der Waals surface area (Å²) in [6, 6.07) is 0. The van der Waals surface area contributed by atoms with Crippen molar-refractivity contribution in [1.29, 1.82) is 0 Å². The van der Waals surface area contributed by atoms with Crippen LogP contribution in [0.4, 0.5) is 0 Å². The highest BCUT2D eigenvalue weighted by Gasteiger charge is 1.99. The van der Waals surface area contributed by atoms with E-state index in [-0.39, 0.29) is 0 Å². The number of carboxylic acid groups (broad SMARTS) is 1. The minimum Gasteiger partial charge on any atom is -0.478 e. The lowest BCUT2D eigenvalue weighted by atomic mass is 10.0. The molecule has 4 nitrogen and oxygen atoms in total. The van der Waals surface area contributed by atoms with Crippen molar-refractivity contribution in [3.63, 3.8) is 0 Å². The summed E-state index contributed by atoms with van der Waals surface area (Å²) in [5.41, 5.74) is 0. The van der Waals surface area contributed by atoms with E-state index in [2.05, 4.69) is 31.2 Å². The van der Waals surface area contributed by atoms with Crippen molar-refractivity contribution in [3.8, 4) is 0 Å². The molecule has 4 heteroatoms. The second kappa shape index (κ2) is 37.3. The van der Waals surface area contributed by atoms with Gasteiger partial charge in [-0.3, -0.25) is 0 Å². The number of allylic oxidation sites excluding steroid dienone is 4. The van der Waals surface area contributed by atoms with Gasteiger partial charge in [0.15, 0.2) is 0 Å². The van der Waals surface area contributed by atoms with E-state index in [1.807, 2.05) is 0 Å². The van der Waals surface area contributed by atoms with Crippen LogP contribution in [0.15, 0.2) is 36.5 Å². The maximum absolute atomic E-state index is 11.3. The Balaban J connectivity index is 3.15. The number of carboxylic acids is 1. The van der Waals surface area contributed by atoms with E-state index in [4.69, 9.17) is 9.84 Å². The molecule has 256 valence electrons. The summed E-state index contributed by atoms with van der Waals surface area (Å²) < 4.78 is 4.97. The fourth-order valence-corrected chi connectivity index (χ4v) is 5.63. The molecule has 0 amide bonds. The number of carbonyl (C=O) groups is 2. The zero-order valence-corrected chi connectivity index (χ0v) is 29.1. The Morgan fingerprint density at radius 1 is 0.455 bits per heavy atom. The SMILES string of the molecule is CCCCC/C=C\C/C=C\CCCCCCCCCCCCCCCCCCCCCCCCCCOC(=O)/C=C\C(=O)O. The van der Waals surface area contributed by atoms with Crippen LogP contribution in [-0.2, 0) is 14.3 Å². The topological polar surface area (TPSA) is 63.6 Å². The van der Waals surface area contributed by atoms with Gasteiger partial charge >= 0.3 is 11.9 Å². The highest BCUT2D eigenvalue weighted by molar-refractivity contribution is 5.90. The van der Waals surface area contributed by atoms with Gasteiger partial charge in [0, 0.05) is 12.2 Å². The summed E-state index contributed by atoms with van der Waals surface area (Å²) in [5, 5.41) is 8.46. The van der Waals surface area contributed by atoms with E-state index < -0.39 is 11.9 Å². The summed E-state index contributed by atoms with van der Waals surface area (Å²) in [4.78, 5) is 21.6. The van der Waals surface area contributed by atoms with Crippen LogP contribution in [0, 0.1) is 0 Å². The number of rotatable bonds is 35. The summed E-state index contributed by atoms with van der Waals surface area (Å²) in [5.74, 6) is -1.71. The molecule has 0 aromatic rings. The van der Waals surface area contributed by atoms with Gasteiger partial charge in [-0.2, -0.15) is 0 Å². The Kier molecular flexibility index (Phi) is 35.8. The number of hydrogen-bond acceptors (Lipinski definition) is 3. The molecular formula is C40H72O4. The monoisotopic (exact) mass is 617 g/mol. The van der Waals surface area contributed by atoms with Crippen molar-refractivity contribution in [3.05, 3.63) is 36.5 Å². The molecule has 0 aliphatic carbocycles. The Hall–Kier alpha value is -1.84. The molecule has 0 heterocycles. The van der Waals surface area contributed by atoms with Crippen LogP contribution < -0.4 is 0 Å². The third-order valence-corrected chi connectivity index (χ3v) is 8.45. The standard InChI is InChI=1S/C40H72O4/c1-2-3-4-5-6-7-8-9-10-11-12-13-14-15-16-17-18-19-20-21-22-23-24-25-26-27-28-29-30-31-32-33-34-35-38-44-40(43)37-36-39(41)42/h6-7,9-10,36-37H,2-5,8,11-35,38H2,1H3,(H,41,42)/b7-6-,10-9-,37-36-. The average molecular weight is 617 g/mol. The van der Waals surface area contributed by atoms with E-state index in [1.54, 1.807) is 0 Å². The molecule has 0 aliphatic heterocycles. The molecular weight excluding hydrogens is 544 g/mol. The van der Waals surface area contributed by atoms with Gasteiger partial charge in [0.2, 0.25) is 0 Å². The van der Waals surface area contributed by atoms with Gasteiger partial charge in [-0.25, -0.2) is 9.59 Å². The smallest absolute Gasteiger partial charge is 0.331 e. The lowest BCUT2D eigenvalue weighted by molar-refractivity contribution is -0.138. The van der Waals surface area contributed by atoms with Gasteiger partial charge in [-0.1, -0.05) is 185 Å². The largest absolute Gasteiger partial charge is 0.478 e. The number of carbonyl (C=O) groups excluding carboxylic acids is 1. The number of aliphatic carboxylic acids is 1. The highest BCUT2D eigenvalue weighted by atomic mass is 16.5. The first-order chi connectivity index (χ1) is 21.7. The van der Waals surface area contributed by atoms with Gasteiger partial charge in [0.25, 0.3) is 0 Å². The van der Waals surface area contributed by atoms with E-state index >= 15 is 0 Å². The summed E-state index contributed by atoms with van der Waals surface area (Å²) in [6.07, 6.45) is 51.4. The lowest BCUT2D eigenvalue weighted by Gasteiger charge is -2.04. The number of esters is 1. The molecule has 0 saturated heterocycles. The molecule has 0 atom stereocenters. The van der Waals surface area contributed by atoms with Gasteiger partial charge in [-0.05, 0) is 38.5 Å². The van der Waals surface area contributed by atoms with Crippen molar-refractivity contribution in [2.24, 2.45) is 0 Å². The lowest BCUT2D eigenvalue weighted by Crippen LogP contribution is -2.03. The van der Waals surface area contributed by atoms with Gasteiger partial charge in [0.1, 0.15) is 0 Å². The van der Waals surface area contributed by atoms with E-state index in [1.165, 1.54) is 173 Å². The Morgan fingerprint density at radius 3 is 1.16 bits per heavy atom. The first-order valence-corrected chi connectivity index (χ1v) is 19.0. The quantitative estimate of drug-likeness (QED) is 0.0333. The van der Waals surface area contributed by atoms with Crippen LogP contribution in [0.5, 0.6) is 0 Å². The fourth-order valence-electron chi connectivity index (χ4n) is 5.63. The van der Waals surface area contributed by atoms with Crippen LogP contribution in [0.2, 0.25) is 0 Å². The minimum atomic E-state index is -1.13. The van der Waals surface area contributed by atoms with E-state index in [0.717, 1.165) is 31.4 Å². The van der Waals surface area contributed by atoms with E-state index in [9.17, 15) is 9.59 Å². The molecule has 0 unspecified atom stereocenters. The molecule has 1 N–H and O–H groups in total. The third kappa shape index (κ3) is 38.2. The summed E-state index contributed by atoms with van der Waals surface area (Å²) in [6.45, 7) is 2.64. The second-order valence-corrected chi connectivity index (χ2v) is 12.8. The average Bonchev–Trinajstić information content (AvgIpc) is 3.02. The van der Waals surface area contributed by atoms with Crippen molar-refractivity contribution in [2.45, 2.75) is 200 Å². The van der Waals surface area contributed by atoms with Gasteiger partial charge in [0.05, 0.1) is 6.61 Å². The molecule has 0 aliphatic rings. The van der Waals surface area contributed by atoms with Crippen LogP contribution in [0.3, 0.4) is 0 Å². The number of ether oxygens (including phenoxy) is 1. The molecule has 44 heavy (non-hydrogen) atoms. The molecule has 0 radical (unpaired) electrons. The van der Waals surface area contributed by atoms with E-state index in [0.29, 0.717) is 6.61 Å². The molecule has 0 aromatic heterocycles. The Labute approximate surface area is 273 Å². The van der Waals surface area contributed by atoms with Gasteiger partial charge < -0.3 is 9.84 Å². The Morgan fingerprint density at radius 2 is 0.795 bits per heavy atom. The zero-order chi connectivity index (χ0) is 32.0. The first kappa shape index (κ1) is 42.2. The van der Waals surface area contributed by atoms with Crippen LogP contribution in [-0.4, -0.2) is 23.7 Å². The first-order valence-electron chi connectivity index (χ1n) is 19.0. The molecule has 0 aromatic carbocycles. The van der Waals surface area contributed by atoms with Gasteiger partial charge in [-0.15, -0.1) is 0 Å². The van der Waals surface area contributed by atoms with Crippen molar-refractivity contribution in [2.75, 3.05) is 6.61 Å². The molecule has 0 rings (SSSR count). The third-order valence-electron chi connectivity index (χ3n) is 8.45. The molecule has 0 saturated carbocycles. The fraction of sp³-hybridized carbons (Fsp3) is 0.800. The van der Waals surface area contributed by atoms with Crippen molar-refractivity contribution >= 4 is 11.9 Å². The van der Waals surface area contributed by atoms with Crippen molar-refractivity contribution in [1.82, 2.24) is 0 Å². The maximum Gasteiger partial charge on any atom is 0.331 e. The van der Waals surface area contributed by atoms with Crippen molar-refractivity contribution < 1.29 is 19.4 Å². The van der Waals surface area contributed by atoms with Crippen LogP contribution in [0.25, 0.3) is 0 Å². The molecule has 0 spiro atoms. The van der Waals surface area contributed by atoms with Crippen LogP contribution in [0.1, 0.15) is 200 Å². The maximum atomic E-state index is 11.3. The minimum absolute atomic E-state index is 0.375. The number of hydrogen-bond donors (Lipinski definition) is 1. The predicted molar refractivity (Wildman–Crippen MR) is 190 cm³/mol. The molecule has 0 bridgehead atoms. The normalized spacial score (nSPS) is 11.8. The summed E-state index contributed by atoms with van der Waals surface area (Å²) in [7, 11) is 0. The Bertz CT molecular complexity index is 693. The summed E-state index contributed by atoms with van der Waals surface area (Å²) >= 11 is 0. The second-order valence-electron chi connectivity index (χ2n) is 12.8. The zero-order valence-electron chi connectivity index (χ0n) is 29.1. The number of unbranched alkanes of at least 4 members (excludes halogenated alkanes) is 27. The highest BCUT2D eigenvalue weighted by Crippen LogP contribution is 2.16. The predicted octanol–water partition coefficient (Wildman–Crippen LogP) is 13.0.